The molecule has 2 heteroatoms. The first kappa shape index (κ1) is 10.7. The minimum absolute atomic E-state index is 0.00926. The monoisotopic (exact) mass is 214 g/mol. The van der Waals surface area contributed by atoms with Crippen LogP contribution in [0.25, 0.3) is 12.2 Å². The largest absolute Gasteiger partial charge is 0.504 e. The first-order valence-corrected chi connectivity index (χ1v) is 5.37. The Hall–Kier alpha value is -1.83. The minimum atomic E-state index is -0.109. The van der Waals surface area contributed by atoms with Crippen molar-refractivity contribution in [3.63, 3.8) is 0 Å². The standard InChI is InChI=1S/C8H6.C6H8O2/c1-2-4-8-6-5-7(8)3-1;1-4-2-3-5(7)6(4)8/h1-6H;8H,2-3H2,1H3. The predicted octanol–water partition coefficient (Wildman–Crippen LogP) is 3.35. The van der Waals surface area contributed by atoms with Crippen LogP contribution < -0.4 is 0 Å². The molecule has 0 spiro atoms. The van der Waals surface area contributed by atoms with Gasteiger partial charge in [-0.3, -0.25) is 4.79 Å². The summed E-state index contributed by atoms with van der Waals surface area (Å²) in [5.41, 5.74) is 3.56. The van der Waals surface area contributed by atoms with Gasteiger partial charge in [0.15, 0.2) is 11.5 Å². The average molecular weight is 214 g/mol. The van der Waals surface area contributed by atoms with Crippen molar-refractivity contribution in [1.82, 2.24) is 0 Å². The van der Waals surface area contributed by atoms with E-state index >= 15 is 0 Å². The molecule has 0 heterocycles. The molecule has 1 aromatic carbocycles. The van der Waals surface area contributed by atoms with Crippen molar-refractivity contribution in [1.29, 1.82) is 0 Å². The Morgan fingerprint density at radius 2 is 1.62 bits per heavy atom. The second-order valence-electron chi connectivity index (χ2n) is 4.01. The topological polar surface area (TPSA) is 37.3 Å². The number of fused-ring (bicyclic) bond motifs is 1. The lowest BCUT2D eigenvalue weighted by molar-refractivity contribution is -0.117. The number of Topliss-reactive ketones (excluding diaryl/α,β-unsaturated/α-hetero) is 1. The Labute approximate surface area is 94.9 Å². The van der Waals surface area contributed by atoms with Gasteiger partial charge in [0.1, 0.15) is 0 Å². The van der Waals surface area contributed by atoms with E-state index in [1.807, 2.05) is 0 Å². The van der Waals surface area contributed by atoms with E-state index in [0.717, 1.165) is 12.0 Å². The second kappa shape index (κ2) is 4.35. The number of rotatable bonds is 0. The third kappa shape index (κ3) is 2.06. The first-order valence-electron chi connectivity index (χ1n) is 5.37. The SMILES string of the molecule is C1=Cc2ccccc21.CC1=C(O)C(=O)CC1. The average Bonchev–Trinajstić information content (AvgIpc) is 2.53. The van der Waals surface area contributed by atoms with Crippen LogP contribution in [0.15, 0.2) is 35.6 Å². The fraction of sp³-hybridized carbons (Fsp3) is 0.214. The van der Waals surface area contributed by atoms with Crippen molar-refractivity contribution < 1.29 is 9.90 Å². The van der Waals surface area contributed by atoms with Gasteiger partial charge in [-0.25, -0.2) is 0 Å². The molecule has 3 rings (SSSR count). The summed E-state index contributed by atoms with van der Waals surface area (Å²) in [4.78, 5) is 10.5. The van der Waals surface area contributed by atoms with Crippen LogP contribution in [0.1, 0.15) is 30.9 Å². The van der Waals surface area contributed by atoms with Crippen LogP contribution in [0.5, 0.6) is 0 Å². The van der Waals surface area contributed by atoms with Crippen LogP contribution in [0.2, 0.25) is 0 Å². The van der Waals surface area contributed by atoms with E-state index in [9.17, 15) is 4.79 Å². The Balaban J connectivity index is 0.000000120. The summed E-state index contributed by atoms with van der Waals surface area (Å²) in [6.45, 7) is 1.78. The molecule has 0 fully saturated rings. The van der Waals surface area contributed by atoms with E-state index in [0.29, 0.717) is 6.42 Å². The molecule has 1 N–H and O–H groups in total. The van der Waals surface area contributed by atoms with Crippen molar-refractivity contribution in [3.8, 4) is 0 Å². The molecule has 0 radical (unpaired) electrons. The van der Waals surface area contributed by atoms with Gasteiger partial charge < -0.3 is 5.11 Å². The smallest absolute Gasteiger partial charge is 0.197 e. The summed E-state index contributed by atoms with van der Waals surface area (Å²) >= 11 is 0. The summed E-state index contributed by atoms with van der Waals surface area (Å²) in [6.07, 6.45) is 5.48. The zero-order valence-electron chi connectivity index (χ0n) is 9.23. The van der Waals surface area contributed by atoms with Crippen LogP contribution >= 0.6 is 0 Å². The maximum Gasteiger partial charge on any atom is 0.197 e. The van der Waals surface area contributed by atoms with Gasteiger partial charge in [-0.15, -0.1) is 0 Å². The molecule has 2 nitrogen and oxygen atoms in total. The molecule has 0 saturated carbocycles. The van der Waals surface area contributed by atoms with Gasteiger partial charge in [0.25, 0.3) is 0 Å². The lowest BCUT2D eigenvalue weighted by Gasteiger charge is -2.06. The zero-order valence-corrected chi connectivity index (χ0v) is 9.23. The highest BCUT2D eigenvalue weighted by molar-refractivity contribution is 5.96. The van der Waals surface area contributed by atoms with E-state index in [1.165, 1.54) is 11.1 Å². The zero-order chi connectivity index (χ0) is 11.5. The van der Waals surface area contributed by atoms with Crippen LogP contribution in [0.4, 0.5) is 0 Å². The first-order chi connectivity index (χ1) is 7.68. The third-order valence-corrected chi connectivity index (χ3v) is 2.83. The molecule has 0 saturated heterocycles. The van der Waals surface area contributed by atoms with Gasteiger partial charge >= 0.3 is 0 Å². The van der Waals surface area contributed by atoms with Crippen molar-refractivity contribution in [2.75, 3.05) is 0 Å². The fourth-order valence-corrected chi connectivity index (χ4v) is 1.67. The van der Waals surface area contributed by atoms with E-state index in [4.69, 9.17) is 5.11 Å². The Kier molecular flexibility index (Phi) is 2.91. The molecule has 0 unspecified atom stereocenters. The molecule has 82 valence electrons. The molecule has 0 atom stereocenters. The molecular formula is C14H14O2. The van der Waals surface area contributed by atoms with E-state index < -0.39 is 0 Å². The molecular weight excluding hydrogens is 200 g/mol. The number of ketones is 1. The van der Waals surface area contributed by atoms with Crippen LogP contribution in [0, 0.1) is 0 Å². The quantitative estimate of drug-likeness (QED) is 0.730. The van der Waals surface area contributed by atoms with E-state index in [1.54, 1.807) is 6.92 Å². The number of benzene rings is 1. The summed E-state index contributed by atoms with van der Waals surface area (Å²) < 4.78 is 0. The summed E-state index contributed by atoms with van der Waals surface area (Å²) in [5, 5.41) is 8.80. The van der Waals surface area contributed by atoms with Gasteiger partial charge in [0.2, 0.25) is 0 Å². The maximum atomic E-state index is 10.5. The molecule has 0 aromatic heterocycles. The predicted molar refractivity (Wildman–Crippen MR) is 64.9 cm³/mol. The lowest BCUT2D eigenvalue weighted by Crippen LogP contribution is -1.92. The molecule has 2 aliphatic rings. The van der Waals surface area contributed by atoms with Crippen molar-refractivity contribution in [3.05, 3.63) is 46.7 Å². The maximum absolute atomic E-state index is 10.5. The molecule has 16 heavy (non-hydrogen) atoms. The van der Waals surface area contributed by atoms with Crippen molar-refractivity contribution in [2.45, 2.75) is 19.8 Å². The molecule has 0 aliphatic heterocycles. The van der Waals surface area contributed by atoms with Crippen LogP contribution in [0.3, 0.4) is 0 Å². The summed E-state index contributed by atoms with van der Waals surface area (Å²) in [5.74, 6) is -0.118. The Morgan fingerprint density at radius 1 is 1.06 bits per heavy atom. The number of carbonyl (C=O) groups excluding carboxylic acids is 1. The highest BCUT2D eigenvalue weighted by Gasteiger charge is 2.17. The minimum Gasteiger partial charge on any atom is -0.504 e. The molecule has 2 aliphatic carbocycles. The van der Waals surface area contributed by atoms with Gasteiger partial charge in [-0.2, -0.15) is 0 Å². The number of aliphatic hydroxyl groups is 1. The van der Waals surface area contributed by atoms with Gasteiger partial charge in [0, 0.05) is 6.42 Å². The molecule has 1 aromatic rings. The fourth-order valence-electron chi connectivity index (χ4n) is 1.67. The second-order valence-corrected chi connectivity index (χ2v) is 4.01. The normalized spacial score (nSPS) is 16.4. The number of aliphatic hydroxyl groups excluding tert-OH is 1. The number of hydrogen-bond acceptors (Lipinski definition) is 2. The van der Waals surface area contributed by atoms with Crippen LogP contribution in [-0.2, 0) is 4.79 Å². The van der Waals surface area contributed by atoms with Gasteiger partial charge in [-0.05, 0) is 30.0 Å². The summed E-state index contributed by atoms with van der Waals surface area (Å²) in [7, 11) is 0. The van der Waals surface area contributed by atoms with Gasteiger partial charge in [-0.1, -0.05) is 36.4 Å². The highest BCUT2D eigenvalue weighted by Crippen LogP contribution is 2.21. The number of hydrogen-bond donors (Lipinski definition) is 1. The molecule has 0 bridgehead atoms. The highest BCUT2D eigenvalue weighted by atomic mass is 16.3. The van der Waals surface area contributed by atoms with Crippen molar-refractivity contribution >= 4 is 17.9 Å². The number of carbonyl (C=O) groups is 1. The van der Waals surface area contributed by atoms with E-state index in [-0.39, 0.29) is 11.5 Å². The number of allylic oxidation sites excluding steroid dienone is 2. The van der Waals surface area contributed by atoms with Crippen LogP contribution in [-0.4, -0.2) is 10.9 Å². The lowest BCUT2D eigenvalue weighted by atomic mass is 9.99. The Bertz CT molecular complexity index is 456. The summed E-state index contributed by atoms with van der Waals surface area (Å²) in [6, 6.07) is 8.36. The third-order valence-electron chi connectivity index (χ3n) is 2.83. The Morgan fingerprint density at radius 3 is 1.81 bits per heavy atom. The van der Waals surface area contributed by atoms with Gasteiger partial charge in [0.05, 0.1) is 0 Å². The molecule has 0 amide bonds. The van der Waals surface area contributed by atoms with E-state index in [2.05, 4.69) is 36.4 Å². The van der Waals surface area contributed by atoms with Crippen molar-refractivity contribution in [2.24, 2.45) is 0 Å².